The molecule has 7 nitrogen and oxygen atoms in total. The number of hydrogen-bond donors (Lipinski definition) is 1. The van der Waals surface area contributed by atoms with E-state index in [0.717, 1.165) is 60.4 Å². The highest BCUT2D eigenvalue weighted by atomic mass is 16.5. The number of benzene rings is 2. The first kappa shape index (κ1) is 21.9. The molecule has 168 valence electrons. The third-order valence-electron chi connectivity index (χ3n) is 5.80. The highest BCUT2D eigenvalue weighted by Crippen LogP contribution is 2.29. The van der Waals surface area contributed by atoms with Gasteiger partial charge in [0.15, 0.2) is 0 Å². The van der Waals surface area contributed by atoms with Crippen molar-refractivity contribution in [1.29, 1.82) is 0 Å². The lowest BCUT2D eigenvalue weighted by atomic mass is 10.2. The fourth-order valence-corrected chi connectivity index (χ4v) is 4.17. The first-order valence-corrected chi connectivity index (χ1v) is 11.2. The molecule has 1 N–H and O–H groups in total. The molecular formula is C25H31N5O2. The Balaban J connectivity index is 1.35. The van der Waals surface area contributed by atoms with E-state index in [0.29, 0.717) is 13.2 Å². The molecule has 1 aliphatic rings. The van der Waals surface area contributed by atoms with Crippen molar-refractivity contribution in [2.45, 2.75) is 20.8 Å². The number of piperazine rings is 1. The predicted octanol–water partition coefficient (Wildman–Crippen LogP) is 3.65. The minimum absolute atomic E-state index is 0.00743. The van der Waals surface area contributed by atoms with Crippen molar-refractivity contribution < 1.29 is 9.53 Å². The van der Waals surface area contributed by atoms with E-state index in [4.69, 9.17) is 4.74 Å². The van der Waals surface area contributed by atoms with Crippen LogP contribution in [0, 0.1) is 13.8 Å². The van der Waals surface area contributed by atoms with Crippen LogP contribution in [-0.4, -0.2) is 59.9 Å². The largest absolute Gasteiger partial charge is 0.492 e. The number of hydrogen-bond acceptors (Lipinski definition) is 5. The zero-order valence-corrected chi connectivity index (χ0v) is 19.0. The van der Waals surface area contributed by atoms with E-state index in [-0.39, 0.29) is 5.91 Å². The molecule has 0 radical (unpaired) electrons. The lowest BCUT2D eigenvalue weighted by Gasteiger charge is -2.36. The summed E-state index contributed by atoms with van der Waals surface area (Å²) in [5.74, 6) is 0.912. The summed E-state index contributed by atoms with van der Waals surface area (Å²) in [5, 5.41) is 7.70. The van der Waals surface area contributed by atoms with E-state index in [2.05, 4.69) is 26.3 Å². The summed E-state index contributed by atoms with van der Waals surface area (Å²) >= 11 is 0. The quantitative estimate of drug-likeness (QED) is 0.616. The van der Waals surface area contributed by atoms with Gasteiger partial charge in [-0.15, -0.1) is 0 Å². The third-order valence-corrected chi connectivity index (χ3v) is 5.80. The topological polar surface area (TPSA) is 62.6 Å². The number of anilines is 2. The summed E-state index contributed by atoms with van der Waals surface area (Å²) in [6.45, 7) is 10.3. The monoisotopic (exact) mass is 433 g/mol. The summed E-state index contributed by atoms with van der Waals surface area (Å²) in [6.07, 6.45) is 0. The molecule has 2 aromatic carbocycles. The van der Waals surface area contributed by atoms with Crippen molar-refractivity contribution in [1.82, 2.24) is 14.7 Å². The predicted molar refractivity (Wildman–Crippen MR) is 128 cm³/mol. The number of aryl methyl sites for hydroxylation is 1. The number of nitrogens with one attached hydrogen (secondary N) is 1. The Morgan fingerprint density at radius 1 is 1.00 bits per heavy atom. The van der Waals surface area contributed by atoms with Gasteiger partial charge in [0.25, 0.3) is 0 Å². The van der Waals surface area contributed by atoms with Crippen molar-refractivity contribution >= 4 is 17.3 Å². The van der Waals surface area contributed by atoms with Crippen molar-refractivity contribution in [2.75, 3.05) is 49.5 Å². The Morgan fingerprint density at radius 2 is 1.69 bits per heavy atom. The molecule has 3 aromatic rings. The fourth-order valence-electron chi connectivity index (χ4n) is 4.17. The smallest absolute Gasteiger partial charge is 0.238 e. The van der Waals surface area contributed by atoms with Crippen molar-refractivity contribution in [3.8, 4) is 11.4 Å². The van der Waals surface area contributed by atoms with Crippen LogP contribution in [0.1, 0.15) is 18.3 Å². The maximum absolute atomic E-state index is 12.8. The lowest BCUT2D eigenvalue weighted by Crippen LogP contribution is -2.48. The average molecular weight is 434 g/mol. The molecule has 1 amide bonds. The summed E-state index contributed by atoms with van der Waals surface area (Å²) in [5.41, 5.74) is 4.65. The van der Waals surface area contributed by atoms with E-state index in [9.17, 15) is 4.79 Å². The SMILES string of the molecule is CCOc1ccccc1N1CCN(CC(=O)Nc2c(C)nn(-c3ccccc3)c2C)CC1. The number of nitrogens with zero attached hydrogens (tertiary/aromatic N) is 4. The normalized spacial score (nSPS) is 14.4. The Hall–Kier alpha value is -3.32. The minimum atomic E-state index is -0.00743. The van der Waals surface area contributed by atoms with Gasteiger partial charge in [-0.05, 0) is 45.0 Å². The van der Waals surface area contributed by atoms with Gasteiger partial charge in [-0.3, -0.25) is 9.69 Å². The Labute approximate surface area is 189 Å². The lowest BCUT2D eigenvalue weighted by molar-refractivity contribution is -0.117. The van der Waals surface area contributed by atoms with Gasteiger partial charge in [0.05, 0.1) is 41.6 Å². The molecule has 1 aromatic heterocycles. The molecule has 2 heterocycles. The summed E-state index contributed by atoms with van der Waals surface area (Å²) in [7, 11) is 0. The number of ether oxygens (including phenoxy) is 1. The van der Waals surface area contributed by atoms with Crippen LogP contribution in [0.4, 0.5) is 11.4 Å². The van der Waals surface area contributed by atoms with Gasteiger partial charge in [0.1, 0.15) is 5.75 Å². The third kappa shape index (κ3) is 4.78. The molecule has 0 unspecified atom stereocenters. The number of amides is 1. The number of carbonyl (C=O) groups excluding carboxylic acids is 1. The Morgan fingerprint density at radius 3 is 2.41 bits per heavy atom. The highest BCUT2D eigenvalue weighted by Gasteiger charge is 2.22. The van der Waals surface area contributed by atoms with Crippen LogP contribution >= 0.6 is 0 Å². The summed E-state index contributed by atoms with van der Waals surface area (Å²) in [4.78, 5) is 17.3. The van der Waals surface area contributed by atoms with Crippen LogP contribution in [0.2, 0.25) is 0 Å². The second-order valence-corrected chi connectivity index (χ2v) is 8.01. The first-order chi connectivity index (χ1) is 15.6. The molecule has 0 aliphatic carbocycles. The van der Waals surface area contributed by atoms with Crippen LogP contribution in [0.3, 0.4) is 0 Å². The Kier molecular flexibility index (Phi) is 6.75. The van der Waals surface area contributed by atoms with Gasteiger partial charge >= 0.3 is 0 Å². The van der Waals surface area contributed by atoms with Crippen molar-refractivity contribution in [2.24, 2.45) is 0 Å². The molecule has 0 spiro atoms. The van der Waals surface area contributed by atoms with E-state index in [1.807, 2.05) is 74.0 Å². The van der Waals surface area contributed by atoms with E-state index in [1.165, 1.54) is 0 Å². The minimum Gasteiger partial charge on any atom is -0.492 e. The van der Waals surface area contributed by atoms with E-state index in [1.54, 1.807) is 0 Å². The van der Waals surface area contributed by atoms with Crippen LogP contribution in [0.15, 0.2) is 54.6 Å². The van der Waals surface area contributed by atoms with Crippen molar-refractivity contribution in [3.05, 3.63) is 66.0 Å². The second kappa shape index (κ2) is 9.87. The molecule has 1 saturated heterocycles. The number of rotatable bonds is 7. The second-order valence-electron chi connectivity index (χ2n) is 8.01. The van der Waals surface area contributed by atoms with Gasteiger partial charge in [-0.2, -0.15) is 5.10 Å². The molecule has 1 fully saturated rings. The summed E-state index contributed by atoms with van der Waals surface area (Å²) in [6, 6.07) is 18.1. The van der Waals surface area contributed by atoms with Gasteiger partial charge < -0.3 is 15.0 Å². The summed E-state index contributed by atoms with van der Waals surface area (Å²) < 4.78 is 7.65. The zero-order valence-electron chi connectivity index (χ0n) is 19.0. The maximum atomic E-state index is 12.8. The van der Waals surface area contributed by atoms with E-state index < -0.39 is 0 Å². The van der Waals surface area contributed by atoms with E-state index >= 15 is 0 Å². The fraction of sp³-hybridized carbons (Fsp3) is 0.360. The number of para-hydroxylation sites is 3. The van der Waals surface area contributed by atoms with Gasteiger partial charge in [-0.25, -0.2) is 4.68 Å². The maximum Gasteiger partial charge on any atom is 0.238 e. The number of aromatic nitrogens is 2. The molecule has 32 heavy (non-hydrogen) atoms. The molecular weight excluding hydrogens is 402 g/mol. The molecule has 0 atom stereocenters. The van der Waals surface area contributed by atoms with Gasteiger partial charge in [-0.1, -0.05) is 30.3 Å². The molecule has 1 aliphatic heterocycles. The van der Waals surface area contributed by atoms with Crippen molar-refractivity contribution in [3.63, 3.8) is 0 Å². The van der Waals surface area contributed by atoms with Crippen LogP contribution in [0.5, 0.6) is 5.75 Å². The standard InChI is InChI=1S/C25H31N5O2/c1-4-32-23-13-9-8-12-22(23)29-16-14-28(15-17-29)18-24(31)26-25-19(2)27-30(20(25)3)21-10-6-5-7-11-21/h5-13H,4,14-18H2,1-3H3,(H,26,31). The number of carbonyl (C=O) groups is 1. The van der Waals surface area contributed by atoms with Crippen LogP contribution in [0.25, 0.3) is 5.69 Å². The first-order valence-electron chi connectivity index (χ1n) is 11.2. The van der Waals surface area contributed by atoms with Gasteiger partial charge in [0, 0.05) is 26.2 Å². The molecule has 7 heteroatoms. The Bertz CT molecular complexity index is 1060. The highest BCUT2D eigenvalue weighted by molar-refractivity contribution is 5.93. The molecule has 0 bridgehead atoms. The molecule has 0 saturated carbocycles. The molecule has 4 rings (SSSR count). The zero-order chi connectivity index (χ0) is 22.5. The van der Waals surface area contributed by atoms with Crippen LogP contribution < -0.4 is 15.0 Å². The van der Waals surface area contributed by atoms with Crippen LogP contribution in [-0.2, 0) is 4.79 Å². The van der Waals surface area contributed by atoms with Gasteiger partial charge in [0.2, 0.25) is 5.91 Å². The average Bonchev–Trinajstić information content (AvgIpc) is 3.09.